The summed E-state index contributed by atoms with van der Waals surface area (Å²) in [5.74, 6) is -1.80. The maximum Gasteiger partial charge on any atom is 0.306 e. The zero-order valence-corrected chi connectivity index (χ0v) is 13.1. The van der Waals surface area contributed by atoms with E-state index < -0.39 is 11.9 Å². The van der Waals surface area contributed by atoms with Crippen LogP contribution in [0.5, 0.6) is 0 Å². The molecule has 2 amide bonds. The van der Waals surface area contributed by atoms with Crippen LogP contribution in [0.25, 0.3) is 0 Å². The zero-order chi connectivity index (χ0) is 16.0. The largest absolute Gasteiger partial charge is 0.481 e. The van der Waals surface area contributed by atoms with Crippen LogP contribution in [-0.2, 0) is 14.4 Å². The van der Waals surface area contributed by atoms with Crippen molar-refractivity contribution >= 4 is 17.8 Å². The van der Waals surface area contributed by atoms with Crippen molar-refractivity contribution in [2.24, 2.45) is 11.8 Å². The van der Waals surface area contributed by atoms with E-state index in [9.17, 15) is 14.4 Å². The number of aliphatic carboxylic acids is 1. The fraction of sp³-hybridized carbons (Fsp3) is 0.800. The number of likely N-dealkylation sites (N-methyl/N-ethyl adjacent to an activating group) is 1. The van der Waals surface area contributed by atoms with Crippen molar-refractivity contribution < 1.29 is 19.5 Å². The molecule has 120 valence electrons. The Kier molecular flexibility index (Phi) is 6.65. The Balaban J connectivity index is 2.61. The van der Waals surface area contributed by atoms with Crippen LogP contribution in [0.1, 0.15) is 46.5 Å². The molecule has 1 aliphatic rings. The van der Waals surface area contributed by atoms with Crippen LogP contribution in [0.4, 0.5) is 0 Å². The van der Waals surface area contributed by atoms with Gasteiger partial charge in [-0.05, 0) is 40.0 Å². The van der Waals surface area contributed by atoms with Crippen LogP contribution in [0.2, 0.25) is 0 Å². The summed E-state index contributed by atoms with van der Waals surface area (Å²) >= 11 is 0. The third-order valence-corrected chi connectivity index (χ3v) is 3.85. The number of nitrogens with zero attached hydrogens (tertiary/aromatic N) is 1. The lowest BCUT2D eigenvalue weighted by atomic mass is 9.80. The summed E-state index contributed by atoms with van der Waals surface area (Å²) in [6.07, 6.45) is 2.49. The second-order valence-corrected chi connectivity index (χ2v) is 5.97. The first-order valence-corrected chi connectivity index (χ1v) is 7.66. The van der Waals surface area contributed by atoms with Crippen molar-refractivity contribution in [1.82, 2.24) is 10.2 Å². The average Bonchev–Trinajstić information content (AvgIpc) is 2.43. The molecule has 0 spiro atoms. The van der Waals surface area contributed by atoms with Gasteiger partial charge in [0.2, 0.25) is 11.8 Å². The Morgan fingerprint density at radius 1 is 1.24 bits per heavy atom. The molecular formula is C15H26N2O4. The maximum atomic E-state index is 12.5. The minimum Gasteiger partial charge on any atom is -0.481 e. The van der Waals surface area contributed by atoms with E-state index >= 15 is 0 Å². The van der Waals surface area contributed by atoms with Crippen molar-refractivity contribution in [3.63, 3.8) is 0 Å². The first kappa shape index (κ1) is 17.5. The minimum absolute atomic E-state index is 0.0392. The third kappa shape index (κ3) is 5.36. The molecule has 1 rings (SSSR count). The van der Waals surface area contributed by atoms with Crippen LogP contribution in [0.15, 0.2) is 0 Å². The van der Waals surface area contributed by atoms with Crippen LogP contribution >= 0.6 is 0 Å². The van der Waals surface area contributed by atoms with Crippen molar-refractivity contribution in [2.75, 3.05) is 13.1 Å². The second kappa shape index (κ2) is 8.00. The van der Waals surface area contributed by atoms with E-state index in [1.807, 2.05) is 20.8 Å². The van der Waals surface area contributed by atoms with Gasteiger partial charge in [0.15, 0.2) is 0 Å². The molecule has 0 aromatic heterocycles. The standard InChI is InChI=1S/C15H26N2O4/c1-4-17(9-13(18)16-10(2)3)14(19)11-6-5-7-12(8-11)15(20)21/h10-12H,4-9H2,1-3H3,(H,16,18)(H,20,21). The summed E-state index contributed by atoms with van der Waals surface area (Å²) in [5, 5.41) is 11.9. The number of carbonyl (C=O) groups excluding carboxylic acids is 2. The number of nitrogens with one attached hydrogen (secondary N) is 1. The van der Waals surface area contributed by atoms with Crippen molar-refractivity contribution in [1.29, 1.82) is 0 Å². The molecule has 2 atom stereocenters. The summed E-state index contributed by atoms with van der Waals surface area (Å²) in [6.45, 7) is 6.07. The van der Waals surface area contributed by atoms with E-state index in [2.05, 4.69) is 5.32 Å². The normalized spacial score (nSPS) is 21.9. The molecule has 2 N–H and O–H groups in total. The fourth-order valence-corrected chi connectivity index (χ4v) is 2.78. The third-order valence-electron chi connectivity index (χ3n) is 3.85. The van der Waals surface area contributed by atoms with Gasteiger partial charge in [0.1, 0.15) is 0 Å². The second-order valence-electron chi connectivity index (χ2n) is 5.97. The molecule has 6 heteroatoms. The van der Waals surface area contributed by atoms with Crippen LogP contribution in [0, 0.1) is 11.8 Å². The van der Waals surface area contributed by atoms with E-state index in [-0.39, 0.29) is 30.3 Å². The highest BCUT2D eigenvalue weighted by atomic mass is 16.4. The first-order chi connectivity index (χ1) is 9.85. The minimum atomic E-state index is -0.826. The zero-order valence-electron chi connectivity index (χ0n) is 13.1. The Labute approximate surface area is 125 Å². The maximum absolute atomic E-state index is 12.5. The smallest absolute Gasteiger partial charge is 0.306 e. The van der Waals surface area contributed by atoms with Gasteiger partial charge in [-0.3, -0.25) is 14.4 Å². The lowest BCUT2D eigenvalue weighted by Crippen LogP contribution is -2.45. The number of rotatable bonds is 6. The van der Waals surface area contributed by atoms with E-state index in [0.29, 0.717) is 25.8 Å². The van der Waals surface area contributed by atoms with Crippen molar-refractivity contribution in [3.05, 3.63) is 0 Å². The lowest BCUT2D eigenvalue weighted by molar-refractivity contribution is -0.146. The number of carboxylic acid groups (broad SMARTS) is 1. The summed E-state index contributed by atoms with van der Waals surface area (Å²) in [6, 6.07) is 0.0392. The van der Waals surface area contributed by atoms with Gasteiger partial charge in [-0.2, -0.15) is 0 Å². The van der Waals surface area contributed by atoms with Gasteiger partial charge in [-0.1, -0.05) is 6.42 Å². The predicted molar refractivity (Wildman–Crippen MR) is 78.6 cm³/mol. The topological polar surface area (TPSA) is 86.7 Å². The van der Waals surface area contributed by atoms with E-state index in [1.165, 1.54) is 4.90 Å². The molecule has 2 unspecified atom stereocenters. The van der Waals surface area contributed by atoms with E-state index in [0.717, 1.165) is 6.42 Å². The van der Waals surface area contributed by atoms with E-state index in [1.54, 1.807) is 0 Å². The summed E-state index contributed by atoms with van der Waals surface area (Å²) in [5.41, 5.74) is 0. The highest BCUT2D eigenvalue weighted by molar-refractivity contribution is 5.86. The molecule has 0 aromatic carbocycles. The van der Waals surface area contributed by atoms with Crippen LogP contribution in [-0.4, -0.2) is 46.9 Å². The molecule has 0 aliphatic heterocycles. The van der Waals surface area contributed by atoms with Crippen LogP contribution < -0.4 is 5.32 Å². The molecule has 1 saturated carbocycles. The molecule has 0 bridgehead atoms. The molecule has 0 heterocycles. The Hall–Kier alpha value is -1.59. The van der Waals surface area contributed by atoms with Gasteiger partial charge in [-0.25, -0.2) is 0 Å². The molecule has 0 radical (unpaired) electrons. The van der Waals surface area contributed by atoms with Gasteiger partial charge < -0.3 is 15.3 Å². The Morgan fingerprint density at radius 3 is 2.38 bits per heavy atom. The van der Waals surface area contributed by atoms with Crippen molar-refractivity contribution in [3.8, 4) is 0 Å². The number of carboxylic acids is 1. The number of hydrogen-bond donors (Lipinski definition) is 2. The summed E-state index contributed by atoms with van der Waals surface area (Å²) in [7, 11) is 0. The lowest BCUT2D eigenvalue weighted by Gasteiger charge is -2.30. The SMILES string of the molecule is CCN(CC(=O)NC(C)C)C(=O)C1CCCC(C(=O)O)C1. The number of carbonyl (C=O) groups is 3. The highest BCUT2D eigenvalue weighted by Gasteiger charge is 2.33. The Morgan fingerprint density at radius 2 is 1.86 bits per heavy atom. The first-order valence-electron chi connectivity index (χ1n) is 7.66. The Bertz CT molecular complexity index is 395. The molecule has 1 aliphatic carbocycles. The molecule has 0 saturated heterocycles. The van der Waals surface area contributed by atoms with Gasteiger partial charge in [0.25, 0.3) is 0 Å². The fourth-order valence-electron chi connectivity index (χ4n) is 2.78. The molecule has 21 heavy (non-hydrogen) atoms. The van der Waals surface area contributed by atoms with Gasteiger partial charge >= 0.3 is 5.97 Å². The van der Waals surface area contributed by atoms with Crippen LogP contribution in [0.3, 0.4) is 0 Å². The van der Waals surface area contributed by atoms with E-state index in [4.69, 9.17) is 5.11 Å². The molecule has 0 aromatic rings. The van der Waals surface area contributed by atoms with Crippen molar-refractivity contribution in [2.45, 2.75) is 52.5 Å². The number of hydrogen-bond acceptors (Lipinski definition) is 3. The average molecular weight is 298 g/mol. The summed E-state index contributed by atoms with van der Waals surface area (Å²) in [4.78, 5) is 36.8. The van der Waals surface area contributed by atoms with Gasteiger partial charge in [0, 0.05) is 18.5 Å². The van der Waals surface area contributed by atoms with Gasteiger partial charge in [-0.15, -0.1) is 0 Å². The predicted octanol–water partition coefficient (Wildman–Crippen LogP) is 1.25. The molecule has 6 nitrogen and oxygen atoms in total. The number of amides is 2. The van der Waals surface area contributed by atoms with Gasteiger partial charge in [0.05, 0.1) is 12.5 Å². The molecular weight excluding hydrogens is 272 g/mol. The molecule has 1 fully saturated rings. The quantitative estimate of drug-likeness (QED) is 0.772. The monoisotopic (exact) mass is 298 g/mol. The highest BCUT2D eigenvalue weighted by Crippen LogP contribution is 2.30. The summed E-state index contributed by atoms with van der Waals surface area (Å²) < 4.78 is 0.